The molecule has 0 aliphatic carbocycles. The molecule has 0 radical (unpaired) electrons. The van der Waals surface area contributed by atoms with Gasteiger partial charge in [-0.2, -0.15) is 0 Å². The van der Waals surface area contributed by atoms with Crippen molar-refractivity contribution in [2.45, 2.75) is 26.7 Å². The molecule has 1 aromatic rings. The topological polar surface area (TPSA) is 26.3 Å². The smallest absolute Gasteiger partial charge is 0.169 e. The number of hydrogen-bond donors (Lipinski definition) is 0. The van der Waals surface area contributed by atoms with E-state index >= 15 is 0 Å². The number of halogens is 1. The van der Waals surface area contributed by atoms with E-state index in [-0.39, 0.29) is 11.7 Å². The predicted octanol–water partition coefficient (Wildman–Crippen LogP) is 4.08. The van der Waals surface area contributed by atoms with E-state index in [9.17, 15) is 4.79 Å². The van der Waals surface area contributed by atoms with E-state index in [2.05, 4.69) is 22.9 Å². The molecule has 16 heavy (non-hydrogen) atoms. The van der Waals surface area contributed by atoms with Crippen molar-refractivity contribution in [3.05, 3.63) is 28.2 Å². The van der Waals surface area contributed by atoms with Gasteiger partial charge in [0.25, 0.3) is 0 Å². The third-order valence-electron chi connectivity index (χ3n) is 2.60. The van der Waals surface area contributed by atoms with Gasteiger partial charge >= 0.3 is 0 Å². The summed E-state index contributed by atoms with van der Waals surface area (Å²) in [5, 5.41) is 0. The number of carbonyl (C=O) groups is 1. The highest BCUT2D eigenvalue weighted by atomic mass is 79.9. The Morgan fingerprint density at radius 3 is 2.75 bits per heavy atom. The lowest BCUT2D eigenvalue weighted by molar-refractivity contribution is 0.0920. The average molecular weight is 285 g/mol. The normalized spacial score (nSPS) is 12.2. The number of ketones is 1. The standard InChI is InChI=1S/C13H17BrO2/c1-4-5-9(2)13(15)11-7-6-10(14)8-12(11)16-3/h6-9H,4-5H2,1-3H3. The van der Waals surface area contributed by atoms with Crippen LogP contribution in [0.1, 0.15) is 37.0 Å². The first-order valence-corrected chi connectivity index (χ1v) is 6.27. The molecule has 0 N–H and O–H groups in total. The van der Waals surface area contributed by atoms with Crippen LogP contribution in [-0.4, -0.2) is 12.9 Å². The van der Waals surface area contributed by atoms with E-state index < -0.39 is 0 Å². The summed E-state index contributed by atoms with van der Waals surface area (Å²) in [6.45, 7) is 4.05. The molecule has 1 rings (SSSR count). The van der Waals surface area contributed by atoms with E-state index in [1.807, 2.05) is 25.1 Å². The van der Waals surface area contributed by atoms with Crippen molar-refractivity contribution >= 4 is 21.7 Å². The van der Waals surface area contributed by atoms with Gasteiger partial charge in [-0.3, -0.25) is 4.79 Å². The largest absolute Gasteiger partial charge is 0.496 e. The molecule has 0 bridgehead atoms. The lowest BCUT2D eigenvalue weighted by Gasteiger charge is -2.12. The first kappa shape index (κ1) is 13.2. The fourth-order valence-electron chi connectivity index (χ4n) is 1.70. The molecular formula is C13H17BrO2. The Morgan fingerprint density at radius 2 is 2.19 bits per heavy atom. The van der Waals surface area contributed by atoms with Crippen LogP contribution in [0.4, 0.5) is 0 Å². The second kappa shape index (κ2) is 6.04. The molecule has 1 unspecified atom stereocenters. The van der Waals surface area contributed by atoms with Crippen LogP contribution in [0, 0.1) is 5.92 Å². The van der Waals surface area contributed by atoms with Crippen molar-refractivity contribution in [2.75, 3.05) is 7.11 Å². The molecule has 0 heterocycles. The maximum absolute atomic E-state index is 12.1. The summed E-state index contributed by atoms with van der Waals surface area (Å²) in [6, 6.07) is 5.51. The summed E-state index contributed by atoms with van der Waals surface area (Å²) in [5.41, 5.74) is 0.673. The molecule has 0 aliphatic rings. The number of hydrogen-bond acceptors (Lipinski definition) is 2. The van der Waals surface area contributed by atoms with Crippen LogP contribution in [-0.2, 0) is 0 Å². The molecular weight excluding hydrogens is 268 g/mol. The Labute approximate surface area is 105 Å². The Bertz CT molecular complexity index is 374. The lowest BCUT2D eigenvalue weighted by atomic mass is 9.95. The number of benzene rings is 1. The third kappa shape index (κ3) is 3.08. The van der Waals surface area contributed by atoms with Crippen molar-refractivity contribution in [3.63, 3.8) is 0 Å². The summed E-state index contributed by atoms with van der Waals surface area (Å²) in [7, 11) is 1.59. The Morgan fingerprint density at radius 1 is 1.50 bits per heavy atom. The Balaban J connectivity index is 2.98. The van der Waals surface area contributed by atoms with Gasteiger partial charge in [0.2, 0.25) is 0 Å². The van der Waals surface area contributed by atoms with Gasteiger partial charge in [0.1, 0.15) is 5.75 Å². The lowest BCUT2D eigenvalue weighted by Crippen LogP contribution is -2.12. The molecule has 0 saturated carbocycles. The van der Waals surface area contributed by atoms with Crippen molar-refractivity contribution < 1.29 is 9.53 Å². The van der Waals surface area contributed by atoms with Gasteiger partial charge < -0.3 is 4.74 Å². The van der Waals surface area contributed by atoms with Crippen LogP contribution >= 0.6 is 15.9 Å². The molecule has 0 fully saturated rings. The first-order valence-electron chi connectivity index (χ1n) is 5.47. The molecule has 3 heteroatoms. The molecule has 0 saturated heterocycles. The molecule has 1 atom stereocenters. The van der Waals surface area contributed by atoms with Gasteiger partial charge in [0, 0.05) is 10.4 Å². The highest BCUT2D eigenvalue weighted by Gasteiger charge is 2.18. The third-order valence-corrected chi connectivity index (χ3v) is 3.09. The van der Waals surface area contributed by atoms with Gasteiger partial charge in [-0.05, 0) is 24.6 Å². The molecule has 0 spiro atoms. The quantitative estimate of drug-likeness (QED) is 0.762. The van der Waals surface area contributed by atoms with Crippen LogP contribution < -0.4 is 4.74 Å². The van der Waals surface area contributed by atoms with Crippen molar-refractivity contribution in [3.8, 4) is 5.75 Å². The number of Topliss-reactive ketones (excluding diaryl/α,β-unsaturated/α-hetero) is 1. The molecule has 0 amide bonds. The fraction of sp³-hybridized carbons (Fsp3) is 0.462. The predicted molar refractivity (Wildman–Crippen MR) is 69.1 cm³/mol. The number of carbonyl (C=O) groups excluding carboxylic acids is 1. The van der Waals surface area contributed by atoms with Crippen molar-refractivity contribution in [1.82, 2.24) is 0 Å². The fourth-order valence-corrected chi connectivity index (χ4v) is 2.04. The SMILES string of the molecule is CCCC(C)C(=O)c1ccc(Br)cc1OC. The molecule has 0 aliphatic heterocycles. The molecule has 1 aromatic carbocycles. The van der Waals surface area contributed by atoms with Gasteiger partial charge in [0.05, 0.1) is 12.7 Å². The Hall–Kier alpha value is -0.830. The van der Waals surface area contributed by atoms with Crippen LogP contribution in [0.5, 0.6) is 5.75 Å². The zero-order chi connectivity index (χ0) is 12.1. The summed E-state index contributed by atoms with van der Waals surface area (Å²) < 4.78 is 6.15. The van der Waals surface area contributed by atoms with Crippen LogP contribution in [0.15, 0.2) is 22.7 Å². The van der Waals surface area contributed by atoms with Gasteiger partial charge in [-0.15, -0.1) is 0 Å². The van der Waals surface area contributed by atoms with Crippen LogP contribution in [0.25, 0.3) is 0 Å². The maximum atomic E-state index is 12.1. The summed E-state index contributed by atoms with van der Waals surface area (Å²) in [4.78, 5) is 12.1. The van der Waals surface area contributed by atoms with Crippen molar-refractivity contribution in [2.24, 2.45) is 5.92 Å². The number of ether oxygens (including phenoxy) is 1. The van der Waals surface area contributed by atoms with Crippen LogP contribution in [0.3, 0.4) is 0 Å². The minimum Gasteiger partial charge on any atom is -0.496 e. The van der Waals surface area contributed by atoms with E-state index in [4.69, 9.17) is 4.74 Å². The summed E-state index contributed by atoms with van der Waals surface area (Å²) >= 11 is 3.36. The summed E-state index contributed by atoms with van der Waals surface area (Å²) in [5.74, 6) is 0.855. The molecule has 88 valence electrons. The van der Waals surface area contributed by atoms with Crippen LogP contribution in [0.2, 0.25) is 0 Å². The monoisotopic (exact) mass is 284 g/mol. The second-order valence-electron chi connectivity index (χ2n) is 3.90. The highest BCUT2D eigenvalue weighted by molar-refractivity contribution is 9.10. The van der Waals surface area contributed by atoms with Gasteiger partial charge in [-0.1, -0.05) is 36.2 Å². The van der Waals surface area contributed by atoms with E-state index in [1.165, 1.54) is 0 Å². The summed E-state index contributed by atoms with van der Waals surface area (Å²) in [6.07, 6.45) is 1.93. The van der Waals surface area contributed by atoms with E-state index in [0.717, 1.165) is 17.3 Å². The van der Waals surface area contributed by atoms with E-state index in [1.54, 1.807) is 7.11 Å². The van der Waals surface area contributed by atoms with Gasteiger partial charge in [0.15, 0.2) is 5.78 Å². The average Bonchev–Trinajstić information content (AvgIpc) is 2.28. The first-order chi connectivity index (χ1) is 7.60. The molecule has 0 aromatic heterocycles. The number of methoxy groups -OCH3 is 1. The maximum Gasteiger partial charge on any atom is 0.169 e. The van der Waals surface area contributed by atoms with E-state index in [0.29, 0.717) is 11.3 Å². The minimum absolute atomic E-state index is 0.0556. The minimum atomic E-state index is 0.0556. The Kier molecular flexibility index (Phi) is 5.00. The zero-order valence-electron chi connectivity index (χ0n) is 9.92. The van der Waals surface area contributed by atoms with Crippen molar-refractivity contribution in [1.29, 1.82) is 0 Å². The number of rotatable bonds is 5. The van der Waals surface area contributed by atoms with Gasteiger partial charge in [-0.25, -0.2) is 0 Å². The second-order valence-corrected chi connectivity index (χ2v) is 4.81. The molecule has 2 nitrogen and oxygen atoms in total. The highest BCUT2D eigenvalue weighted by Crippen LogP contribution is 2.26. The zero-order valence-corrected chi connectivity index (χ0v) is 11.5.